The number of hydrogen-bond donors (Lipinski definition) is 2. The van der Waals surface area contributed by atoms with Gasteiger partial charge in [-0.1, -0.05) is 30.3 Å². The van der Waals surface area contributed by atoms with Crippen molar-refractivity contribution in [2.45, 2.75) is 6.04 Å². The number of carbonyl (C=O) groups excluding carboxylic acids is 1. The second-order valence-electron chi connectivity index (χ2n) is 3.26. The molecule has 0 aliphatic heterocycles. The van der Waals surface area contributed by atoms with Crippen LogP contribution >= 0.6 is 0 Å². The molecule has 1 aromatic carbocycles. The summed E-state index contributed by atoms with van der Waals surface area (Å²) in [5, 5.41) is 17.6. The number of nitrogens with zero attached hydrogens (tertiary/aromatic N) is 1. The van der Waals surface area contributed by atoms with Crippen molar-refractivity contribution in [3.63, 3.8) is 0 Å². The van der Waals surface area contributed by atoms with Gasteiger partial charge in [-0.25, -0.2) is 4.79 Å². The SMILES string of the molecule is O=[C]N(CC(=O)O)C(C(=O)O)c1ccccc1. The van der Waals surface area contributed by atoms with Crippen LogP contribution in [0.5, 0.6) is 0 Å². The Kier molecular flexibility index (Phi) is 4.21. The van der Waals surface area contributed by atoms with Gasteiger partial charge in [-0.05, 0) is 5.56 Å². The summed E-state index contributed by atoms with van der Waals surface area (Å²) in [5.74, 6) is -2.60. The molecule has 1 unspecified atom stereocenters. The van der Waals surface area contributed by atoms with Crippen molar-refractivity contribution in [3.05, 3.63) is 35.9 Å². The number of aliphatic carboxylic acids is 2. The summed E-state index contributed by atoms with van der Waals surface area (Å²) in [7, 11) is 0. The molecule has 0 aromatic heterocycles. The van der Waals surface area contributed by atoms with E-state index in [2.05, 4.69) is 0 Å². The van der Waals surface area contributed by atoms with Gasteiger partial charge in [0.1, 0.15) is 6.54 Å². The molecule has 0 fully saturated rings. The summed E-state index contributed by atoms with van der Waals surface area (Å²) < 4.78 is 0. The fourth-order valence-electron chi connectivity index (χ4n) is 1.41. The molecular weight excluding hydrogens is 226 g/mol. The minimum absolute atomic E-state index is 0.324. The van der Waals surface area contributed by atoms with Gasteiger partial charge in [0, 0.05) is 0 Å². The van der Waals surface area contributed by atoms with Gasteiger partial charge in [0.2, 0.25) is 0 Å². The van der Waals surface area contributed by atoms with E-state index in [0.29, 0.717) is 10.5 Å². The number of amides is 1. The molecule has 0 heterocycles. The highest BCUT2D eigenvalue weighted by atomic mass is 16.4. The first-order chi connectivity index (χ1) is 8.06. The second-order valence-corrected chi connectivity index (χ2v) is 3.26. The van der Waals surface area contributed by atoms with E-state index in [0.717, 1.165) is 0 Å². The highest BCUT2D eigenvalue weighted by Gasteiger charge is 2.28. The van der Waals surface area contributed by atoms with Crippen LogP contribution in [0.25, 0.3) is 0 Å². The first-order valence-electron chi connectivity index (χ1n) is 4.70. The van der Waals surface area contributed by atoms with Crippen molar-refractivity contribution in [2.75, 3.05) is 6.54 Å². The number of hydrogen-bond acceptors (Lipinski definition) is 3. The second kappa shape index (κ2) is 5.64. The molecule has 1 aromatic rings. The van der Waals surface area contributed by atoms with Gasteiger partial charge in [0.25, 0.3) is 0 Å². The lowest BCUT2D eigenvalue weighted by molar-refractivity contribution is -0.144. The number of carboxylic acid groups (broad SMARTS) is 2. The Morgan fingerprint density at radius 3 is 2.24 bits per heavy atom. The quantitative estimate of drug-likeness (QED) is 0.691. The minimum Gasteiger partial charge on any atom is -0.480 e. The zero-order chi connectivity index (χ0) is 12.8. The Balaban J connectivity index is 3.03. The number of benzene rings is 1. The molecule has 1 amide bonds. The molecule has 1 rings (SSSR count). The molecule has 89 valence electrons. The van der Waals surface area contributed by atoms with E-state index in [9.17, 15) is 14.4 Å². The molecule has 0 aliphatic rings. The van der Waals surface area contributed by atoms with Crippen molar-refractivity contribution in [1.29, 1.82) is 0 Å². The third kappa shape index (κ3) is 3.30. The Bertz CT molecular complexity index is 417. The Labute approximate surface area is 97.1 Å². The molecule has 1 radical (unpaired) electrons. The maximum atomic E-state index is 11.1. The number of rotatable bonds is 6. The van der Waals surface area contributed by atoms with Gasteiger partial charge in [-0.3, -0.25) is 9.59 Å². The van der Waals surface area contributed by atoms with Crippen LogP contribution in [0.3, 0.4) is 0 Å². The molecule has 0 bridgehead atoms. The molecule has 0 saturated carbocycles. The zero-order valence-corrected chi connectivity index (χ0v) is 8.74. The number of carbonyl (C=O) groups is 2. The predicted molar refractivity (Wildman–Crippen MR) is 56.9 cm³/mol. The summed E-state index contributed by atoms with van der Waals surface area (Å²) in [4.78, 5) is 32.8. The molecule has 17 heavy (non-hydrogen) atoms. The van der Waals surface area contributed by atoms with Crippen LogP contribution in [-0.4, -0.2) is 40.0 Å². The van der Waals surface area contributed by atoms with Crippen molar-refractivity contribution in [1.82, 2.24) is 4.90 Å². The fourth-order valence-corrected chi connectivity index (χ4v) is 1.41. The van der Waals surface area contributed by atoms with Crippen molar-refractivity contribution < 1.29 is 24.6 Å². The largest absolute Gasteiger partial charge is 0.480 e. The lowest BCUT2D eigenvalue weighted by Gasteiger charge is -2.22. The maximum Gasteiger partial charge on any atom is 0.331 e. The zero-order valence-electron chi connectivity index (χ0n) is 8.74. The van der Waals surface area contributed by atoms with Crippen LogP contribution in [0, 0.1) is 0 Å². The summed E-state index contributed by atoms with van der Waals surface area (Å²) in [6, 6.07) is 6.57. The average molecular weight is 236 g/mol. The van der Waals surface area contributed by atoms with E-state index in [4.69, 9.17) is 10.2 Å². The fraction of sp³-hybridized carbons (Fsp3) is 0.182. The van der Waals surface area contributed by atoms with Gasteiger partial charge in [0.15, 0.2) is 6.04 Å². The normalized spacial score (nSPS) is 11.5. The van der Waals surface area contributed by atoms with Crippen LogP contribution in [-0.2, 0) is 14.4 Å². The third-order valence-electron chi connectivity index (χ3n) is 2.08. The number of carboxylic acids is 2. The lowest BCUT2D eigenvalue weighted by Crippen LogP contribution is -2.36. The predicted octanol–water partition coefficient (Wildman–Crippen LogP) is 0.266. The van der Waals surface area contributed by atoms with Crippen molar-refractivity contribution >= 4 is 18.3 Å². The lowest BCUT2D eigenvalue weighted by atomic mass is 10.1. The topological polar surface area (TPSA) is 94.9 Å². The summed E-state index contributed by atoms with van der Waals surface area (Å²) in [6.45, 7) is -0.713. The van der Waals surface area contributed by atoms with Crippen LogP contribution in [0.2, 0.25) is 0 Å². The highest BCUT2D eigenvalue weighted by molar-refractivity contribution is 5.81. The molecule has 0 spiro atoms. The molecule has 1 atom stereocenters. The van der Waals surface area contributed by atoms with E-state index >= 15 is 0 Å². The summed E-state index contributed by atoms with van der Waals surface area (Å²) in [5.41, 5.74) is 0.324. The van der Waals surface area contributed by atoms with E-state index in [1.807, 2.05) is 0 Å². The first-order valence-corrected chi connectivity index (χ1v) is 4.70. The van der Waals surface area contributed by atoms with E-state index in [1.165, 1.54) is 18.5 Å². The van der Waals surface area contributed by atoms with Gasteiger partial charge >= 0.3 is 18.3 Å². The highest BCUT2D eigenvalue weighted by Crippen LogP contribution is 2.19. The monoisotopic (exact) mass is 236 g/mol. The molecule has 0 saturated heterocycles. The first kappa shape index (κ1) is 12.7. The molecule has 6 nitrogen and oxygen atoms in total. The van der Waals surface area contributed by atoms with Gasteiger partial charge in [-0.15, -0.1) is 0 Å². The van der Waals surface area contributed by atoms with E-state index in [-0.39, 0.29) is 0 Å². The molecule has 2 N–H and O–H groups in total. The van der Waals surface area contributed by atoms with E-state index < -0.39 is 24.5 Å². The van der Waals surface area contributed by atoms with Crippen LogP contribution < -0.4 is 0 Å². The van der Waals surface area contributed by atoms with Gasteiger partial charge in [0.05, 0.1) is 0 Å². The third-order valence-corrected chi connectivity index (χ3v) is 2.08. The summed E-state index contributed by atoms with van der Waals surface area (Å²) >= 11 is 0. The molecule has 6 heteroatoms. The summed E-state index contributed by atoms with van der Waals surface area (Å²) in [6.07, 6.45) is 1.33. The molecular formula is C11H10NO5. The minimum atomic E-state index is -1.34. The average Bonchev–Trinajstić information content (AvgIpc) is 2.28. The smallest absolute Gasteiger partial charge is 0.331 e. The van der Waals surface area contributed by atoms with E-state index in [1.54, 1.807) is 18.2 Å². The van der Waals surface area contributed by atoms with Gasteiger partial charge < -0.3 is 15.1 Å². The maximum absolute atomic E-state index is 11.1. The Hall–Kier alpha value is -2.37. The van der Waals surface area contributed by atoms with Crippen molar-refractivity contribution in [2.24, 2.45) is 0 Å². The Morgan fingerprint density at radius 2 is 1.82 bits per heavy atom. The van der Waals surface area contributed by atoms with Gasteiger partial charge in [-0.2, -0.15) is 0 Å². The van der Waals surface area contributed by atoms with Crippen LogP contribution in [0.4, 0.5) is 0 Å². The molecule has 0 aliphatic carbocycles. The van der Waals surface area contributed by atoms with Crippen molar-refractivity contribution in [3.8, 4) is 0 Å². The van der Waals surface area contributed by atoms with Crippen LogP contribution in [0.1, 0.15) is 11.6 Å². The standard InChI is InChI=1S/C11H10NO5/c13-7-12(6-9(14)15)10(11(16)17)8-4-2-1-3-5-8/h1-5,10H,6H2,(H,14,15)(H,16,17). The Morgan fingerprint density at radius 1 is 1.24 bits per heavy atom. The van der Waals surface area contributed by atoms with Crippen LogP contribution in [0.15, 0.2) is 30.3 Å².